The van der Waals surface area contributed by atoms with Crippen LogP contribution in [0.4, 0.5) is 0 Å². The maximum Gasteiger partial charge on any atom is 0.227 e. The summed E-state index contributed by atoms with van der Waals surface area (Å²) in [5.41, 5.74) is -0.195. The maximum atomic E-state index is 12.2. The molecule has 0 spiro atoms. The summed E-state index contributed by atoms with van der Waals surface area (Å²) < 4.78 is 0. The second-order valence-electron chi connectivity index (χ2n) is 4.59. The van der Waals surface area contributed by atoms with Gasteiger partial charge in [-0.05, 0) is 26.3 Å². The maximum absolute atomic E-state index is 12.2. The second kappa shape index (κ2) is 5.14. The third kappa shape index (κ3) is 2.66. The van der Waals surface area contributed by atoms with E-state index < -0.39 is 0 Å². The third-order valence-electron chi connectivity index (χ3n) is 3.49. The number of carbonyl (C=O) groups excluding carboxylic acids is 1. The molecule has 2 rings (SSSR count). The highest BCUT2D eigenvalue weighted by atomic mass is 32.1. The van der Waals surface area contributed by atoms with E-state index in [4.69, 9.17) is 0 Å². The highest BCUT2D eigenvalue weighted by Crippen LogP contribution is 2.29. The number of nitrogens with zero attached hydrogens (tertiary/aromatic N) is 1. The van der Waals surface area contributed by atoms with Gasteiger partial charge in [0.15, 0.2) is 0 Å². The van der Waals surface area contributed by atoms with Crippen molar-refractivity contribution in [2.75, 3.05) is 13.1 Å². The minimum Gasteiger partial charge on any atom is -0.351 e. The van der Waals surface area contributed by atoms with Crippen molar-refractivity contribution in [2.45, 2.75) is 33.2 Å². The number of aryl methyl sites for hydroxylation is 1. The standard InChI is InChI=1S/C12H19N3OS/c1-3-12(4-5-13-8-12)11(16)15-7-10-6-14-9(2)17-10/h6,13H,3-5,7-8H2,1-2H3,(H,15,16). The summed E-state index contributed by atoms with van der Waals surface area (Å²) >= 11 is 1.64. The summed E-state index contributed by atoms with van der Waals surface area (Å²) in [5.74, 6) is 0.177. The molecule has 17 heavy (non-hydrogen) atoms. The highest BCUT2D eigenvalue weighted by molar-refractivity contribution is 7.11. The van der Waals surface area contributed by atoms with E-state index in [1.54, 1.807) is 11.3 Å². The lowest BCUT2D eigenvalue weighted by Gasteiger charge is -2.24. The van der Waals surface area contributed by atoms with Crippen LogP contribution in [0.3, 0.4) is 0 Å². The van der Waals surface area contributed by atoms with Gasteiger partial charge in [-0.2, -0.15) is 0 Å². The molecule has 1 aliphatic rings. The van der Waals surface area contributed by atoms with Crippen molar-refractivity contribution in [1.29, 1.82) is 0 Å². The smallest absolute Gasteiger partial charge is 0.227 e. The third-order valence-corrected chi connectivity index (χ3v) is 4.41. The SMILES string of the molecule is CCC1(C(=O)NCc2cnc(C)s2)CCNC1. The molecule has 1 aliphatic heterocycles. The molecule has 0 aliphatic carbocycles. The molecule has 1 unspecified atom stereocenters. The Morgan fingerprint density at radius 2 is 2.53 bits per heavy atom. The number of amides is 1. The Bertz CT molecular complexity index is 396. The molecule has 94 valence electrons. The molecule has 1 saturated heterocycles. The summed E-state index contributed by atoms with van der Waals surface area (Å²) in [6.07, 6.45) is 3.68. The lowest BCUT2D eigenvalue weighted by molar-refractivity contribution is -0.130. The van der Waals surface area contributed by atoms with Crippen molar-refractivity contribution in [3.05, 3.63) is 16.1 Å². The molecule has 0 saturated carbocycles. The fraction of sp³-hybridized carbons (Fsp3) is 0.667. The van der Waals surface area contributed by atoms with Gasteiger partial charge in [-0.25, -0.2) is 4.98 Å². The zero-order valence-corrected chi connectivity index (χ0v) is 11.2. The Balaban J connectivity index is 1.92. The normalized spacial score (nSPS) is 23.9. The second-order valence-corrected chi connectivity index (χ2v) is 5.91. The topological polar surface area (TPSA) is 54.0 Å². The number of thiazole rings is 1. The number of carbonyl (C=O) groups is 1. The van der Waals surface area contributed by atoms with E-state index in [1.165, 1.54) is 0 Å². The molecule has 2 heterocycles. The first-order chi connectivity index (χ1) is 8.16. The van der Waals surface area contributed by atoms with E-state index in [0.29, 0.717) is 6.54 Å². The van der Waals surface area contributed by atoms with Crippen LogP contribution in [0.5, 0.6) is 0 Å². The lowest BCUT2D eigenvalue weighted by Crippen LogP contribution is -2.41. The van der Waals surface area contributed by atoms with Crippen LogP contribution >= 0.6 is 11.3 Å². The van der Waals surface area contributed by atoms with Crippen molar-refractivity contribution < 1.29 is 4.79 Å². The van der Waals surface area contributed by atoms with Crippen molar-refractivity contribution in [1.82, 2.24) is 15.6 Å². The minimum absolute atomic E-state index is 0.177. The highest BCUT2D eigenvalue weighted by Gasteiger charge is 2.39. The van der Waals surface area contributed by atoms with E-state index in [0.717, 1.165) is 35.8 Å². The summed E-state index contributed by atoms with van der Waals surface area (Å²) in [5, 5.41) is 7.36. The number of hydrogen-bond donors (Lipinski definition) is 2. The van der Waals surface area contributed by atoms with Gasteiger partial charge in [0.1, 0.15) is 0 Å². The van der Waals surface area contributed by atoms with Crippen molar-refractivity contribution in [3.8, 4) is 0 Å². The van der Waals surface area contributed by atoms with E-state index in [2.05, 4.69) is 22.5 Å². The van der Waals surface area contributed by atoms with Crippen LogP contribution in [0, 0.1) is 12.3 Å². The average molecular weight is 253 g/mol. The summed E-state index contributed by atoms with van der Waals surface area (Å²) in [6, 6.07) is 0. The van der Waals surface area contributed by atoms with Crippen molar-refractivity contribution in [2.24, 2.45) is 5.41 Å². The van der Waals surface area contributed by atoms with Crippen molar-refractivity contribution in [3.63, 3.8) is 0 Å². The molecule has 4 nitrogen and oxygen atoms in total. The molecule has 0 bridgehead atoms. The van der Waals surface area contributed by atoms with Gasteiger partial charge in [0, 0.05) is 17.6 Å². The summed E-state index contributed by atoms with van der Waals surface area (Å²) in [7, 11) is 0. The Labute approximate surface area is 106 Å². The van der Waals surface area contributed by atoms with E-state index in [-0.39, 0.29) is 11.3 Å². The molecular weight excluding hydrogens is 234 g/mol. The Kier molecular flexibility index (Phi) is 3.79. The van der Waals surface area contributed by atoms with Crippen LogP contribution < -0.4 is 10.6 Å². The predicted octanol–water partition coefficient (Wildman–Crippen LogP) is 1.46. The van der Waals surface area contributed by atoms with Crippen molar-refractivity contribution >= 4 is 17.2 Å². The first-order valence-corrected chi connectivity index (χ1v) is 6.88. The van der Waals surface area contributed by atoms with Gasteiger partial charge in [0.25, 0.3) is 0 Å². The van der Waals surface area contributed by atoms with E-state index >= 15 is 0 Å². The molecule has 1 aromatic rings. The molecule has 1 atom stereocenters. The fourth-order valence-corrected chi connectivity index (χ4v) is 2.98. The van der Waals surface area contributed by atoms with Gasteiger partial charge in [0.2, 0.25) is 5.91 Å². The quantitative estimate of drug-likeness (QED) is 0.854. The van der Waals surface area contributed by atoms with Gasteiger partial charge in [-0.1, -0.05) is 6.92 Å². The largest absolute Gasteiger partial charge is 0.351 e. The van der Waals surface area contributed by atoms with E-state index in [9.17, 15) is 4.79 Å². The molecule has 0 radical (unpaired) electrons. The number of hydrogen-bond acceptors (Lipinski definition) is 4. The van der Waals surface area contributed by atoms with Gasteiger partial charge in [-0.15, -0.1) is 11.3 Å². The Hall–Kier alpha value is -0.940. The van der Waals surface area contributed by atoms with Gasteiger partial charge >= 0.3 is 0 Å². The first-order valence-electron chi connectivity index (χ1n) is 6.06. The minimum atomic E-state index is -0.195. The predicted molar refractivity (Wildman–Crippen MR) is 68.9 cm³/mol. The number of aromatic nitrogens is 1. The monoisotopic (exact) mass is 253 g/mol. The van der Waals surface area contributed by atoms with Crippen LogP contribution in [-0.4, -0.2) is 24.0 Å². The fourth-order valence-electron chi connectivity index (χ4n) is 2.24. The van der Waals surface area contributed by atoms with Crippen LogP contribution in [0.2, 0.25) is 0 Å². The Morgan fingerprint density at radius 3 is 3.06 bits per heavy atom. The average Bonchev–Trinajstić information content (AvgIpc) is 2.95. The number of rotatable bonds is 4. The zero-order chi connectivity index (χ0) is 12.3. The lowest BCUT2D eigenvalue weighted by atomic mass is 9.83. The summed E-state index contributed by atoms with van der Waals surface area (Å²) in [4.78, 5) is 17.5. The van der Waals surface area contributed by atoms with Gasteiger partial charge < -0.3 is 10.6 Å². The molecule has 1 aromatic heterocycles. The van der Waals surface area contributed by atoms with Crippen LogP contribution in [0.25, 0.3) is 0 Å². The number of nitrogens with one attached hydrogen (secondary N) is 2. The van der Waals surface area contributed by atoms with Crippen LogP contribution in [0.1, 0.15) is 29.7 Å². The summed E-state index contributed by atoms with van der Waals surface area (Å²) in [6.45, 7) is 6.41. The van der Waals surface area contributed by atoms with Crippen LogP contribution in [0.15, 0.2) is 6.20 Å². The molecule has 1 fully saturated rings. The Morgan fingerprint density at radius 1 is 1.71 bits per heavy atom. The molecule has 1 amide bonds. The molecular formula is C12H19N3OS. The zero-order valence-electron chi connectivity index (χ0n) is 10.4. The van der Waals surface area contributed by atoms with Crippen LogP contribution in [-0.2, 0) is 11.3 Å². The first kappa shape index (κ1) is 12.5. The molecule has 2 N–H and O–H groups in total. The van der Waals surface area contributed by atoms with E-state index in [1.807, 2.05) is 13.1 Å². The molecule has 0 aromatic carbocycles. The van der Waals surface area contributed by atoms with Gasteiger partial charge in [-0.3, -0.25) is 4.79 Å². The molecule has 5 heteroatoms. The van der Waals surface area contributed by atoms with Gasteiger partial charge in [0.05, 0.1) is 17.0 Å².